The minimum Gasteiger partial charge on any atom is -0.398 e. The lowest BCUT2D eigenvalue weighted by Crippen LogP contribution is -1.86. The highest BCUT2D eigenvalue weighted by Crippen LogP contribution is 2.18. The third-order valence-electron chi connectivity index (χ3n) is 1.31. The fourth-order valence-corrected chi connectivity index (χ4v) is 0.927. The predicted octanol–water partition coefficient (Wildman–Crippen LogP) is 1.27. The average Bonchev–Trinajstić information content (AvgIpc) is 2.07. The van der Waals surface area contributed by atoms with E-state index in [-0.39, 0.29) is 6.61 Å². The van der Waals surface area contributed by atoms with Crippen LogP contribution in [-0.4, -0.2) is 11.7 Å². The van der Waals surface area contributed by atoms with Crippen molar-refractivity contribution < 1.29 is 5.11 Å². The maximum atomic E-state index is 8.42. The van der Waals surface area contributed by atoms with Crippen LogP contribution < -0.4 is 5.73 Å². The normalized spacial score (nSPS) is 8.83. The first-order valence-corrected chi connectivity index (χ1v) is 3.76. The second-order valence-electron chi connectivity index (χ2n) is 2.20. The number of hydrogen-bond donors (Lipinski definition) is 2. The van der Waals surface area contributed by atoms with Gasteiger partial charge < -0.3 is 10.8 Å². The lowest BCUT2D eigenvalue weighted by molar-refractivity contribution is 0.350. The standard InChI is InChI=1S/C9H8ClNO/c10-8-6-7(2-1-5-12)3-4-9(8)11/h3-4,6,12H,5,11H2. The Morgan fingerprint density at radius 3 is 2.83 bits per heavy atom. The summed E-state index contributed by atoms with van der Waals surface area (Å²) in [5, 5.41) is 8.91. The SMILES string of the molecule is Nc1ccc(C#CCO)cc1Cl. The van der Waals surface area contributed by atoms with Gasteiger partial charge in [0.15, 0.2) is 0 Å². The summed E-state index contributed by atoms with van der Waals surface area (Å²) in [6.45, 7) is -0.151. The van der Waals surface area contributed by atoms with Gasteiger partial charge >= 0.3 is 0 Å². The molecule has 0 bridgehead atoms. The minimum atomic E-state index is -0.151. The highest BCUT2D eigenvalue weighted by Gasteiger charge is 1.94. The summed E-state index contributed by atoms with van der Waals surface area (Å²) in [6.07, 6.45) is 0. The third-order valence-corrected chi connectivity index (χ3v) is 1.64. The molecule has 0 fully saturated rings. The van der Waals surface area contributed by atoms with Gasteiger partial charge in [-0.05, 0) is 18.2 Å². The zero-order valence-electron chi connectivity index (χ0n) is 6.34. The molecule has 1 aromatic rings. The average molecular weight is 182 g/mol. The van der Waals surface area contributed by atoms with Crippen LogP contribution in [0.2, 0.25) is 5.02 Å². The molecule has 1 aromatic carbocycles. The van der Waals surface area contributed by atoms with Gasteiger partial charge in [0.2, 0.25) is 0 Å². The quantitative estimate of drug-likeness (QED) is 0.468. The number of nitrogens with two attached hydrogens (primary N) is 1. The molecular weight excluding hydrogens is 174 g/mol. The van der Waals surface area contributed by atoms with Crippen LogP contribution >= 0.6 is 11.6 Å². The third kappa shape index (κ3) is 2.16. The van der Waals surface area contributed by atoms with Crippen LogP contribution in [0.1, 0.15) is 5.56 Å². The van der Waals surface area contributed by atoms with Crippen molar-refractivity contribution in [1.29, 1.82) is 0 Å². The van der Waals surface area contributed by atoms with E-state index in [1.807, 2.05) is 0 Å². The Kier molecular flexibility index (Phi) is 2.98. The Hall–Kier alpha value is -1.17. The summed E-state index contributed by atoms with van der Waals surface area (Å²) in [5.74, 6) is 5.24. The molecule has 0 aromatic heterocycles. The molecule has 62 valence electrons. The van der Waals surface area contributed by atoms with Gasteiger partial charge in [-0.15, -0.1) is 0 Å². The predicted molar refractivity (Wildman–Crippen MR) is 49.8 cm³/mol. The first kappa shape index (κ1) is 8.92. The number of benzene rings is 1. The molecule has 12 heavy (non-hydrogen) atoms. The van der Waals surface area contributed by atoms with Gasteiger partial charge in [-0.3, -0.25) is 0 Å². The first-order valence-electron chi connectivity index (χ1n) is 3.39. The number of hydrogen-bond acceptors (Lipinski definition) is 2. The second kappa shape index (κ2) is 4.01. The number of aliphatic hydroxyl groups is 1. The molecule has 0 heterocycles. The molecule has 0 radical (unpaired) electrons. The fraction of sp³-hybridized carbons (Fsp3) is 0.111. The Balaban J connectivity index is 2.97. The van der Waals surface area contributed by atoms with Gasteiger partial charge in [-0.1, -0.05) is 23.4 Å². The summed E-state index contributed by atoms with van der Waals surface area (Å²) in [7, 11) is 0. The van der Waals surface area contributed by atoms with Crippen LogP contribution in [0, 0.1) is 11.8 Å². The lowest BCUT2D eigenvalue weighted by Gasteiger charge is -1.96. The number of nitrogen functional groups attached to an aromatic ring is 1. The Morgan fingerprint density at radius 2 is 2.25 bits per heavy atom. The van der Waals surface area contributed by atoms with Crippen molar-refractivity contribution in [3.63, 3.8) is 0 Å². The van der Waals surface area contributed by atoms with Crippen LogP contribution in [0.15, 0.2) is 18.2 Å². The summed E-state index contributed by atoms with van der Waals surface area (Å²) < 4.78 is 0. The van der Waals surface area contributed by atoms with Crippen molar-refractivity contribution in [1.82, 2.24) is 0 Å². The van der Waals surface area contributed by atoms with Crippen LogP contribution in [0.4, 0.5) is 5.69 Å². The van der Waals surface area contributed by atoms with E-state index >= 15 is 0 Å². The Morgan fingerprint density at radius 1 is 1.50 bits per heavy atom. The van der Waals surface area contributed by atoms with E-state index < -0.39 is 0 Å². The van der Waals surface area contributed by atoms with Crippen molar-refractivity contribution in [3.8, 4) is 11.8 Å². The molecule has 0 saturated carbocycles. The van der Waals surface area contributed by atoms with Gasteiger partial charge in [0.05, 0.1) is 10.7 Å². The van der Waals surface area contributed by atoms with Crippen molar-refractivity contribution in [3.05, 3.63) is 28.8 Å². The van der Waals surface area contributed by atoms with Gasteiger partial charge in [-0.25, -0.2) is 0 Å². The fourth-order valence-electron chi connectivity index (χ4n) is 0.746. The summed E-state index contributed by atoms with van der Waals surface area (Å²) in [6, 6.07) is 5.10. The first-order chi connectivity index (χ1) is 5.74. The van der Waals surface area contributed by atoms with Gasteiger partial charge in [0.1, 0.15) is 6.61 Å². The van der Waals surface area contributed by atoms with Crippen molar-refractivity contribution in [2.45, 2.75) is 0 Å². The molecule has 2 nitrogen and oxygen atoms in total. The van der Waals surface area contributed by atoms with E-state index in [0.29, 0.717) is 10.7 Å². The molecule has 0 saturated heterocycles. The summed E-state index contributed by atoms with van der Waals surface area (Å²) >= 11 is 5.74. The molecule has 0 aliphatic heterocycles. The van der Waals surface area contributed by atoms with Crippen molar-refractivity contribution >= 4 is 17.3 Å². The van der Waals surface area contributed by atoms with Crippen LogP contribution in [0.5, 0.6) is 0 Å². The van der Waals surface area contributed by atoms with Crippen molar-refractivity contribution in [2.75, 3.05) is 12.3 Å². The molecular formula is C9H8ClNO. The van der Waals surface area contributed by atoms with Crippen LogP contribution in [0.25, 0.3) is 0 Å². The lowest BCUT2D eigenvalue weighted by atomic mass is 10.2. The van der Waals surface area contributed by atoms with E-state index in [2.05, 4.69) is 11.8 Å². The van der Waals surface area contributed by atoms with Gasteiger partial charge in [0.25, 0.3) is 0 Å². The zero-order valence-corrected chi connectivity index (χ0v) is 7.10. The molecule has 1 rings (SSSR count). The maximum absolute atomic E-state index is 8.42. The summed E-state index contributed by atoms with van der Waals surface area (Å²) in [5.41, 5.74) is 6.77. The molecule has 0 unspecified atom stereocenters. The highest BCUT2D eigenvalue weighted by atomic mass is 35.5. The van der Waals surface area contributed by atoms with Crippen LogP contribution in [0.3, 0.4) is 0 Å². The van der Waals surface area contributed by atoms with E-state index in [1.54, 1.807) is 18.2 Å². The smallest absolute Gasteiger partial charge is 0.104 e. The number of anilines is 1. The molecule has 3 heteroatoms. The molecule has 3 N–H and O–H groups in total. The van der Waals surface area contributed by atoms with Crippen molar-refractivity contribution in [2.24, 2.45) is 0 Å². The number of aliphatic hydroxyl groups excluding tert-OH is 1. The molecule has 0 aliphatic carbocycles. The maximum Gasteiger partial charge on any atom is 0.104 e. The van der Waals surface area contributed by atoms with E-state index in [0.717, 1.165) is 5.56 Å². The summed E-state index contributed by atoms with van der Waals surface area (Å²) in [4.78, 5) is 0. The highest BCUT2D eigenvalue weighted by molar-refractivity contribution is 6.33. The molecule has 0 aliphatic rings. The molecule has 0 amide bonds. The minimum absolute atomic E-state index is 0.151. The van der Waals surface area contributed by atoms with Crippen LogP contribution in [-0.2, 0) is 0 Å². The number of halogens is 1. The van der Waals surface area contributed by atoms with Gasteiger partial charge in [0, 0.05) is 5.56 Å². The topological polar surface area (TPSA) is 46.2 Å². The Bertz CT molecular complexity index is 338. The Labute approximate surface area is 76.0 Å². The molecule has 0 spiro atoms. The van der Waals surface area contributed by atoms with Gasteiger partial charge in [-0.2, -0.15) is 0 Å². The monoisotopic (exact) mass is 181 g/mol. The number of rotatable bonds is 0. The molecule has 0 atom stereocenters. The zero-order chi connectivity index (χ0) is 8.97. The van der Waals surface area contributed by atoms with E-state index in [4.69, 9.17) is 22.4 Å². The largest absolute Gasteiger partial charge is 0.398 e. The van der Waals surface area contributed by atoms with E-state index in [1.165, 1.54) is 0 Å². The van der Waals surface area contributed by atoms with E-state index in [9.17, 15) is 0 Å². The second-order valence-corrected chi connectivity index (χ2v) is 2.60.